The van der Waals surface area contributed by atoms with Gasteiger partial charge in [-0.15, -0.1) is 12.3 Å². The molecule has 0 heterocycles. The molecule has 5 rings (SSSR count). The van der Waals surface area contributed by atoms with Gasteiger partial charge in [0.15, 0.2) is 0 Å². The van der Waals surface area contributed by atoms with E-state index >= 15 is 0 Å². The highest BCUT2D eigenvalue weighted by atomic mass is 16.5. The predicted molar refractivity (Wildman–Crippen MR) is 233 cm³/mol. The quantitative estimate of drug-likeness (QED) is 0.0184. The lowest BCUT2D eigenvalue weighted by molar-refractivity contribution is 0.0512. The van der Waals surface area contributed by atoms with Crippen LogP contribution in [0.5, 0.6) is 5.75 Å². The summed E-state index contributed by atoms with van der Waals surface area (Å²) in [4.78, 5) is 34.2. The van der Waals surface area contributed by atoms with Crippen molar-refractivity contribution >= 4 is 35.0 Å². The molecule has 5 aromatic carbocycles. The molecule has 0 aliphatic rings. The summed E-state index contributed by atoms with van der Waals surface area (Å²) in [5.74, 6) is 3.19. The van der Waals surface area contributed by atoms with E-state index in [1.54, 1.807) is 55.5 Å². The van der Waals surface area contributed by atoms with Gasteiger partial charge in [-0.1, -0.05) is 72.8 Å². The monoisotopic (exact) mass is 781 g/mol. The normalized spacial score (nSPS) is 11.0. The van der Waals surface area contributed by atoms with Gasteiger partial charge in [-0.05, 0) is 91.2 Å². The van der Waals surface area contributed by atoms with E-state index in [9.17, 15) is 14.7 Å². The van der Waals surface area contributed by atoms with Gasteiger partial charge < -0.3 is 41.2 Å². The van der Waals surface area contributed by atoms with Gasteiger partial charge in [-0.25, -0.2) is 4.99 Å². The molecule has 0 unspecified atom stereocenters. The first kappa shape index (κ1) is 43.8. The van der Waals surface area contributed by atoms with Crippen LogP contribution in [-0.2, 0) is 16.0 Å². The van der Waals surface area contributed by atoms with Gasteiger partial charge >= 0.3 is 0 Å². The van der Waals surface area contributed by atoms with Crippen LogP contribution in [0.4, 0.5) is 11.4 Å². The van der Waals surface area contributed by atoms with Crippen molar-refractivity contribution in [3.63, 3.8) is 0 Å². The highest BCUT2D eigenvalue weighted by Crippen LogP contribution is 2.23. The fourth-order valence-corrected chi connectivity index (χ4v) is 5.33. The lowest BCUT2D eigenvalue weighted by Gasteiger charge is -2.14. The summed E-state index contributed by atoms with van der Waals surface area (Å²) in [7, 11) is 0. The summed E-state index contributed by atoms with van der Waals surface area (Å²) in [5.41, 5.74) is 5.92. The number of guanidine groups is 1. The second-order valence-electron chi connectivity index (χ2n) is 12.5. The number of carbonyl (C=O) groups is 2. The third kappa shape index (κ3) is 16.0. The highest BCUT2D eigenvalue weighted by molar-refractivity contribution is 6.05. The number of nitrogens with zero attached hydrogens (tertiary/aromatic N) is 2. The number of phenols is 1. The minimum atomic E-state index is -0.160. The third-order valence-electron chi connectivity index (χ3n) is 8.16. The van der Waals surface area contributed by atoms with Crippen molar-refractivity contribution in [2.24, 2.45) is 9.98 Å². The number of carbonyl (C=O) groups excluding carboxylic acids is 2. The second kappa shape index (κ2) is 25.3. The van der Waals surface area contributed by atoms with E-state index in [4.69, 9.17) is 9.47 Å². The lowest BCUT2D eigenvalue weighted by Crippen LogP contribution is -2.35. The SMILES string of the molecule is C#CC.CC(=NCCOCCOCCNC(=O)c1ccccc1)N/C(=N\CNc1ccc(C(=O)NCc2ccccc2-c2ccccc2)cc1)Nc1ccc(O)cc1. The molecule has 12 nitrogen and oxygen atoms in total. The summed E-state index contributed by atoms with van der Waals surface area (Å²) in [6, 6.07) is 41.1. The zero-order chi connectivity index (χ0) is 41.2. The van der Waals surface area contributed by atoms with Crippen molar-refractivity contribution < 1.29 is 24.2 Å². The Bertz CT molecular complexity index is 2080. The summed E-state index contributed by atoms with van der Waals surface area (Å²) in [5, 5.41) is 25.2. The second-order valence-corrected chi connectivity index (χ2v) is 12.5. The highest BCUT2D eigenvalue weighted by Gasteiger charge is 2.09. The van der Waals surface area contributed by atoms with E-state index < -0.39 is 0 Å². The topological polar surface area (TPSA) is 158 Å². The van der Waals surface area contributed by atoms with E-state index in [2.05, 4.69) is 67.1 Å². The number of hydrogen-bond acceptors (Lipinski definition) is 8. The first-order chi connectivity index (χ1) is 28.4. The molecule has 0 aromatic heterocycles. The molecule has 0 aliphatic carbocycles. The van der Waals surface area contributed by atoms with Crippen molar-refractivity contribution in [3.05, 3.63) is 150 Å². The van der Waals surface area contributed by atoms with Gasteiger partial charge in [0.1, 0.15) is 12.4 Å². The Morgan fingerprint density at radius 2 is 1.28 bits per heavy atom. The van der Waals surface area contributed by atoms with Gasteiger partial charge in [-0.3, -0.25) is 14.6 Å². The predicted octanol–water partition coefficient (Wildman–Crippen LogP) is 6.94. The number of amides is 2. The van der Waals surface area contributed by atoms with Crippen LogP contribution >= 0.6 is 0 Å². The van der Waals surface area contributed by atoms with Crippen molar-refractivity contribution in [1.29, 1.82) is 0 Å². The van der Waals surface area contributed by atoms with Crippen LogP contribution in [-0.4, -0.2) is 74.9 Å². The van der Waals surface area contributed by atoms with Crippen LogP contribution in [0.2, 0.25) is 0 Å². The molecule has 58 heavy (non-hydrogen) atoms. The number of benzene rings is 5. The fraction of sp³-hybridized carbons (Fsp3) is 0.217. The van der Waals surface area contributed by atoms with Crippen LogP contribution in [0.1, 0.15) is 40.1 Å². The molecular weight excluding hydrogens is 731 g/mol. The molecule has 2 amide bonds. The van der Waals surface area contributed by atoms with Gasteiger partial charge in [0.25, 0.3) is 11.8 Å². The van der Waals surface area contributed by atoms with E-state index in [1.807, 2.05) is 73.7 Å². The van der Waals surface area contributed by atoms with Crippen molar-refractivity contribution in [2.75, 3.05) is 56.8 Å². The van der Waals surface area contributed by atoms with Crippen LogP contribution in [0, 0.1) is 12.3 Å². The molecule has 0 spiro atoms. The average Bonchev–Trinajstić information content (AvgIpc) is 3.25. The number of anilines is 2. The molecule has 0 bridgehead atoms. The number of rotatable bonds is 18. The first-order valence-electron chi connectivity index (χ1n) is 18.9. The molecular formula is C46H51N7O5. The maximum absolute atomic E-state index is 13.0. The molecule has 12 heteroatoms. The summed E-state index contributed by atoms with van der Waals surface area (Å²) in [6.07, 6.45) is 4.60. The molecule has 6 N–H and O–H groups in total. The Labute approximate surface area is 340 Å². The van der Waals surface area contributed by atoms with E-state index in [1.165, 1.54) is 0 Å². The molecule has 0 fully saturated rings. The molecule has 0 radical (unpaired) electrons. The number of aliphatic imine (C=N–C) groups is 2. The number of phenolic OH excluding ortho intramolecular Hbond substituents is 1. The Hall–Kier alpha value is -6.94. The number of aromatic hydroxyl groups is 1. The van der Waals surface area contributed by atoms with Crippen LogP contribution < -0.4 is 26.6 Å². The molecule has 0 aliphatic heterocycles. The standard InChI is InChI=1S/C43H47N7O5.C3H4/c1-32(44-24-26-54-28-29-55-27-25-45-41(52)34-12-6-3-7-13-34)49-43(50-38-20-22-39(51)23-21-38)48-31-47-37-18-16-35(17-19-37)42(53)46-30-36-14-8-9-15-40(36)33-10-4-2-5-11-33;1-3-2/h2-23,47,51H,24-31H2,1H3,(H,45,52)(H,46,53)(H2,44,48,49,50);1H,2H3. The zero-order valence-corrected chi connectivity index (χ0v) is 32.9. The number of ether oxygens (including phenoxy) is 2. The minimum absolute atomic E-state index is 0.129. The van der Waals surface area contributed by atoms with Gasteiger partial charge in [-0.2, -0.15) is 0 Å². The minimum Gasteiger partial charge on any atom is -0.508 e. The number of terminal acetylenes is 1. The molecule has 300 valence electrons. The number of nitrogens with one attached hydrogen (secondary N) is 5. The van der Waals surface area contributed by atoms with Gasteiger partial charge in [0, 0.05) is 35.6 Å². The maximum atomic E-state index is 13.0. The van der Waals surface area contributed by atoms with E-state index in [0.717, 1.165) is 28.1 Å². The Kier molecular flexibility index (Phi) is 19.1. The Morgan fingerprint density at radius 3 is 1.98 bits per heavy atom. The van der Waals surface area contributed by atoms with Gasteiger partial charge in [0.2, 0.25) is 5.96 Å². The van der Waals surface area contributed by atoms with Crippen molar-refractivity contribution in [2.45, 2.75) is 20.4 Å². The largest absolute Gasteiger partial charge is 0.508 e. The summed E-state index contributed by atoms with van der Waals surface area (Å²) >= 11 is 0. The molecule has 5 aromatic rings. The average molecular weight is 782 g/mol. The smallest absolute Gasteiger partial charge is 0.251 e. The lowest BCUT2D eigenvalue weighted by atomic mass is 10.00. The summed E-state index contributed by atoms with van der Waals surface area (Å²) in [6.45, 7) is 6.57. The molecule has 0 saturated carbocycles. The van der Waals surface area contributed by atoms with Crippen molar-refractivity contribution in [3.8, 4) is 29.2 Å². The first-order valence-corrected chi connectivity index (χ1v) is 18.9. The Balaban J connectivity index is 0.00000240. The van der Waals surface area contributed by atoms with Crippen LogP contribution in [0.25, 0.3) is 11.1 Å². The number of hydrogen-bond donors (Lipinski definition) is 6. The molecule has 0 atom stereocenters. The Morgan fingerprint density at radius 1 is 0.690 bits per heavy atom. The van der Waals surface area contributed by atoms with Crippen LogP contribution in [0.15, 0.2) is 143 Å². The van der Waals surface area contributed by atoms with Crippen LogP contribution in [0.3, 0.4) is 0 Å². The third-order valence-corrected chi connectivity index (χ3v) is 8.16. The number of amidine groups is 1. The van der Waals surface area contributed by atoms with Crippen molar-refractivity contribution in [1.82, 2.24) is 16.0 Å². The van der Waals surface area contributed by atoms with E-state index in [0.29, 0.717) is 69.0 Å². The van der Waals surface area contributed by atoms with E-state index in [-0.39, 0.29) is 24.2 Å². The maximum Gasteiger partial charge on any atom is 0.251 e. The van der Waals surface area contributed by atoms with Gasteiger partial charge in [0.05, 0.1) is 38.8 Å². The summed E-state index contributed by atoms with van der Waals surface area (Å²) < 4.78 is 11.2. The molecule has 0 saturated heterocycles. The zero-order valence-electron chi connectivity index (χ0n) is 32.9. The fourth-order valence-electron chi connectivity index (χ4n) is 5.33.